The van der Waals surface area contributed by atoms with E-state index in [0.29, 0.717) is 12.0 Å². The van der Waals surface area contributed by atoms with Gasteiger partial charge in [0.25, 0.3) is 0 Å². The van der Waals surface area contributed by atoms with Gasteiger partial charge in [0.05, 0.1) is 6.10 Å². The first-order valence-electron chi connectivity index (χ1n) is 4.09. The van der Waals surface area contributed by atoms with E-state index in [4.69, 9.17) is 4.74 Å². The molecular formula is C9H16O. The maximum atomic E-state index is 5.52. The van der Waals surface area contributed by atoms with E-state index in [-0.39, 0.29) is 0 Å². The highest BCUT2D eigenvalue weighted by Crippen LogP contribution is 2.20. The molecule has 58 valence electrons. The lowest BCUT2D eigenvalue weighted by molar-refractivity contribution is 0.0846. The molecule has 10 heavy (non-hydrogen) atoms. The standard InChI is InChI=1S/C9H16O/c1-3-5-8(2)9-6-4-7-10-9/h3,5,8-9H,4,6-7H2,1-2H3/b5-3+. The summed E-state index contributed by atoms with van der Waals surface area (Å²) < 4.78 is 5.52. The molecule has 2 unspecified atom stereocenters. The Balaban J connectivity index is 2.32. The molecule has 0 spiro atoms. The van der Waals surface area contributed by atoms with E-state index in [1.54, 1.807) is 0 Å². The maximum Gasteiger partial charge on any atom is 0.0635 e. The van der Waals surface area contributed by atoms with Gasteiger partial charge in [-0.15, -0.1) is 0 Å². The van der Waals surface area contributed by atoms with Gasteiger partial charge in [-0.3, -0.25) is 0 Å². The molecule has 1 heteroatoms. The fourth-order valence-electron chi connectivity index (χ4n) is 1.44. The van der Waals surface area contributed by atoms with Crippen LogP contribution in [0.3, 0.4) is 0 Å². The lowest BCUT2D eigenvalue weighted by atomic mass is 10.0. The summed E-state index contributed by atoms with van der Waals surface area (Å²) in [7, 11) is 0. The molecule has 1 aliphatic heterocycles. The normalized spacial score (nSPS) is 29.6. The van der Waals surface area contributed by atoms with Gasteiger partial charge >= 0.3 is 0 Å². The first-order valence-corrected chi connectivity index (χ1v) is 4.09. The molecule has 0 radical (unpaired) electrons. The molecule has 0 saturated carbocycles. The first kappa shape index (κ1) is 7.80. The minimum Gasteiger partial charge on any atom is -0.378 e. The Kier molecular flexibility index (Phi) is 2.94. The molecular weight excluding hydrogens is 124 g/mol. The number of ether oxygens (including phenoxy) is 1. The molecule has 0 amide bonds. The van der Waals surface area contributed by atoms with E-state index in [2.05, 4.69) is 26.0 Å². The molecule has 0 aliphatic carbocycles. The average Bonchev–Trinajstić information content (AvgIpc) is 2.38. The van der Waals surface area contributed by atoms with E-state index < -0.39 is 0 Å². The number of hydrogen-bond donors (Lipinski definition) is 0. The van der Waals surface area contributed by atoms with Gasteiger partial charge in [-0.2, -0.15) is 0 Å². The van der Waals surface area contributed by atoms with Crippen LogP contribution in [0.15, 0.2) is 12.2 Å². The Morgan fingerprint density at radius 2 is 2.40 bits per heavy atom. The van der Waals surface area contributed by atoms with Crippen LogP contribution in [0, 0.1) is 5.92 Å². The van der Waals surface area contributed by atoms with Gasteiger partial charge in [0, 0.05) is 12.5 Å². The molecule has 0 aromatic heterocycles. The second-order valence-electron chi connectivity index (χ2n) is 2.94. The number of allylic oxidation sites excluding steroid dienone is 1. The van der Waals surface area contributed by atoms with Gasteiger partial charge in [0.1, 0.15) is 0 Å². The van der Waals surface area contributed by atoms with E-state index in [9.17, 15) is 0 Å². The highest BCUT2D eigenvalue weighted by Gasteiger charge is 2.19. The Bertz CT molecular complexity index is 112. The minimum atomic E-state index is 0.496. The predicted molar refractivity (Wildman–Crippen MR) is 43.0 cm³/mol. The average molecular weight is 140 g/mol. The summed E-state index contributed by atoms with van der Waals surface area (Å²) in [6, 6.07) is 0. The van der Waals surface area contributed by atoms with E-state index >= 15 is 0 Å². The lowest BCUT2D eigenvalue weighted by Gasteiger charge is -2.13. The minimum absolute atomic E-state index is 0.496. The summed E-state index contributed by atoms with van der Waals surface area (Å²) in [5.74, 6) is 0.604. The van der Waals surface area contributed by atoms with Gasteiger partial charge in [-0.05, 0) is 19.8 Å². The van der Waals surface area contributed by atoms with Crippen LogP contribution >= 0.6 is 0 Å². The molecule has 1 heterocycles. The number of rotatable bonds is 2. The van der Waals surface area contributed by atoms with E-state index in [0.717, 1.165) is 6.61 Å². The van der Waals surface area contributed by atoms with Crippen LogP contribution in [0.4, 0.5) is 0 Å². The third kappa shape index (κ3) is 1.84. The van der Waals surface area contributed by atoms with Crippen molar-refractivity contribution >= 4 is 0 Å². The van der Waals surface area contributed by atoms with Crippen molar-refractivity contribution in [2.75, 3.05) is 6.61 Å². The molecule has 0 bridgehead atoms. The molecule has 1 fully saturated rings. The summed E-state index contributed by atoms with van der Waals surface area (Å²) in [6.07, 6.45) is 7.30. The van der Waals surface area contributed by atoms with E-state index in [1.807, 2.05) is 0 Å². The summed E-state index contributed by atoms with van der Waals surface area (Å²) in [4.78, 5) is 0. The molecule has 0 aromatic carbocycles. The zero-order valence-corrected chi connectivity index (χ0v) is 6.84. The maximum absolute atomic E-state index is 5.52. The fraction of sp³-hybridized carbons (Fsp3) is 0.778. The van der Waals surface area contributed by atoms with Crippen molar-refractivity contribution in [2.45, 2.75) is 32.8 Å². The van der Waals surface area contributed by atoms with Crippen LogP contribution in [0.1, 0.15) is 26.7 Å². The largest absolute Gasteiger partial charge is 0.378 e. The van der Waals surface area contributed by atoms with Gasteiger partial charge in [0.15, 0.2) is 0 Å². The monoisotopic (exact) mass is 140 g/mol. The van der Waals surface area contributed by atoms with Crippen molar-refractivity contribution in [1.29, 1.82) is 0 Å². The van der Waals surface area contributed by atoms with Crippen LogP contribution in [0.25, 0.3) is 0 Å². The second-order valence-corrected chi connectivity index (χ2v) is 2.94. The Hall–Kier alpha value is -0.300. The molecule has 1 nitrogen and oxygen atoms in total. The first-order chi connectivity index (χ1) is 4.84. The van der Waals surface area contributed by atoms with Crippen molar-refractivity contribution in [3.8, 4) is 0 Å². The molecule has 0 aromatic rings. The quantitative estimate of drug-likeness (QED) is 0.535. The highest BCUT2D eigenvalue weighted by molar-refractivity contribution is 4.88. The van der Waals surface area contributed by atoms with Crippen molar-refractivity contribution in [3.05, 3.63) is 12.2 Å². The zero-order chi connectivity index (χ0) is 7.40. The summed E-state index contributed by atoms with van der Waals surface area (Å²) in [5.41, 5.74) is 0. The van der Waals surface area contributed by atoms with Crippen LogP contribution in [-0.2, 0) is 4.74 Å². The van der Waals surface area contributed by atoms with Gasteiger partial charge < -0.3 is 4.74 Å². The Morgan fingerprint density at radius 1 is 1.60 bits per heavy atom. The smallest absolute Gasteiger partial charge is 0.0635 e. The van der Waals surface area contributed by atoms with Crippen molar-refractivity contribution in [2.24, 2.45) is 5.92 Å². The molecule has 2 atom stereocenters. The van der Waals surface area contributed by atoms with Crippen molar-refractivity contribution in [3.63, 3.8) is 0 Å². The topological polar surface area (TPSA) is 9.23 Å². The summed E-state index contributed by atoms with van der Waals surface area (Å²) >= 11 is 0. The van der Waals surface area contributed by atoms with E-state index in [1.165, 1.54) is 12.8 Å². The summed E-state index contributed by atoms with van der Waals surface area (Å²) in [5, 5.41) is 0. The predicted octanol–water partition coefficient (Wildman–Crippen LogP) is 2.38. The molecule has 0 N–H and O–H groups in total. The van der Waals surface area contributed by atoms with Crippen LogP contribution in [-0.4, -0.2) is 12.7 Å². The van der Waals surface area contributed by atoms with Crippen molar-refractivity contribution in [1.82, 2.24) is 0 Å². The Morgan fingerprint density at radius 3 is 2.90 bits per heavy atom. The van der Waals surface area contributed by atoms with Crippen LogP contribution in [0.2, 0.25) is 0 Å². The fourth-order valence-corrected chi connectivity index (χ4v) is 1.44. The molecule has 1 saturated heterocycles. The van der Waals surface area contributed by atoms with Gasteiger partial charge in [-0.25, -0.2) is 0 Å². The summed E-state index contributed by atoms with van der Waals surface area (Å²) in [6.45, 7) is 5.24. The zero-order valence-electron chi connectivity index (χ0n) is 6.84. The highest BCUT2D eigenvalue weighted by atomic mass is 16.5. The Labute approximate surface area is 63.1 Å². The third-order valence-corrected chi connectivity index (χ3v) is 2.05. The second kappa shape index (κ2) is 3.77. The van der Waals surface area contributed by atoms with Crippen LogP contribution in [0.5, 0.6) is 0 Å². The molecule has 1 rings (SSSR count). The SMILES string of the molecule is C/C=C/C(C)C1CCCO1. The lowest BCUT2D eigenvalue weighted by Crippen LogP contribution is -2.13. The molecule has 1 aliphatic rings. The van der Waals surface area contributed by atoms with Crippen LogP contribution < -0.4 is 0 Å². The third-order valence-electron chi connectivity index (χ3n) is 2.05. The van der Waals surface area contributed by atoms with Crippen molar-refractivity contribution < 1.29 is 4.74 Å². The van der Waals surface area contributed by atoms with Gasteiger partial charge in [0.2, 0.25) is 0 Å². The van der Waals surface area contributed by atoms with Gasteiger partial charge in [-0.1, -0.05) is 19.1 Å². The number of hydrogen-bond acceptors (Lipinski definition) is 1.